The van der Waals surface area contributed by atoms with Crippen LogP contribution in [-0.2, 0) is 42.1 Å². The van der Waals surface area contributed by atoms with E-state index in [1.807, 2.05) is 26.2 Å². The number of carbonyl (C=O) groups is 1. The number of benzene rings is 1. The third-order valence-corrected chi connectivity index (χ3v) is 7.60. The van der Waals surface area contributed by atoms with Gasteiger partial charge in [-0.25, -0.2) is 13.7 Å². The van der Waals surface area contributed by atoms with Gasteiger partial charge in [0.15, 0.2) is 0 Å². The summed E-state index contributed by atoms with van der Waals surface area (Å²) in [7, 11) is 2.49. The summed E-state index contributed by atoms with van der Waals surface area (Å²) < 4.78 is 20.2. The van der Waals surface area contributed by atoms with Gasteiger partial charge in [-0.15, -0.1) is 4.36 Å². The molecule has 0 fully saturated rings. The van der Waals surface area contributed by atoms with Gasteiger partial charge in [-0.05, 0) is 88.5 Å². The molecule has 0 saturated heterocycles. The number of hydrogen-bond acceptors (Lipinski definition) is 4. The Morgan fingerprint density at radius 2 is 1.67 bits per heavy atom. The first kappa shape index (κ1) is 21.0. The first-order valence-corrected chi connectivity index (χ1v) is 11.9. The summed E-state index contributed by atoms with van der Waals surface area (Å²) in [4.78, 5) is 20.2. The van der Waals surface area contributed by atoms with Crippen LogP contribution in [0.2, 0.25) is 0 Å². The van der Waals surface area contributed by atoms with Gasteiger partial charge < -0.3 is 10.2 Å². The highest BCUT2D eigenvalue weighted by Gasteiger charge is 2.26. The molecule has 0 spiro atoms. The van der Waals surface area contributed by atoms with Crippen molar-refractivity contribution in [3.63, 3.8) is 0 Å². The first-order chi connectivity index (χ1) is 14.4. The summed E-state index contributed by atoms with van der Waals surface area (Å²) >= 11 is 0. The van der Waals surface area contributed by atoms with Crippen molar-refractivity contribution >= 4 is 21.6 Å². The number of hydrogen-bond donors (Lipinski definition) is 2. The number of carbonyl (C=O) groups excluding carboxylic acids is 1. The molecular weight excluding hydrogens is 398 g/mol. The maximum atomic E-state index is 13.4. The Morgan fingerprint density at radius 1 is 1.07 bits per heavy atom. The van der Waals surface area contributed by atoms with E-state index in [-0.39, 0.29) is 0 Å². The smallest absolute Gasteiger partial charge is 0.305 e. The normalized spacial score (nSPS) is 16.8. The monoisotopic (exact) mass is 427 g/mol. The van der Waals surface area contributed by atoms with Crippen molar-refractivity contribution in [1.82, 2.24) is 14.6 Å². The average Bonchev–Trinajstić information content (AvgIpc) is 3.37. The molecule has 0 unspecified atom stereocenters. The fraction of sp³-hybridized carbons (Fsp3) is 0.455. The Hall–Kier alpha value is -2.29. The number of aryl methyl sites for hydroxylation is 2. The molecule has 0 saturated carbocycles. The number of nitrogens with zero attached hydrogens (tertiary/aromatic N) is 3. The highest BCUT2D eigenvalue weighted by atomic mass is 32.2. The average molecular weight is 428 g/mol. The maximum Gasteiger partial charge on any atom is 0.354 e. The van der Waals surface area contributed by atoms with Gasteiger partial charge in [0.25, 0.3) is 0 Å². The van der Waals surface area contributed by atoms with Crippen LogP contribution in [-0.4, -0.2) is 41.3 Å². The van der Waals surface area contributed by atoms with E-state index in [4.69, 9.17) is 4.98 Å². The van der Waals surface area contributed by atoms with Gasteiger partial charge >= 0.3 is 6.03 Å². The molecule has 2 N–H and O–H groups in total. The van der Waals surface area contributed by atoms with E-state index in [1.54, 1.807) is 19.2 Å². The fourth-order valence-electron chi connectivity index (χ4n) is 4.34. The largest absolute Gasteiger partial charge is 0.354 e. The molecule has 7 nitrogen and oxygen atoms in total. The van der Waals surface area contributed by atoms with E-state index in [2.05, 4.69) is 19.3 Å². The Balaban J connectivity index is 1.63. The highest BCUT2D eigenvalue weighted by molar-refractivity contribution is 7.92. The van der Waals surface area contributed by atoms with Gasteiger partial charge in [-0.3, -0.25) is 4.98 Å². The molecule has 2 aromatic rings. The van der Waals surface area contributed by atoms with Gasteiger partial charge in [-0.1, -0.05) is 12.1 Å². The summed E-state index contributed by atoms with van der Waals surface area (Å²) in [6, 6.07) is 6.80. The predicted octanol–water partition coefficient (Wildman–Crippen LogP) is 3.31. The number of urea groups is 1. The second kappa shape index (κ2) is 8.45. The van der Waals surface area contributed by atoms with Crippen LogP contribution in [0, 0.1) is 0 Å². The van der Waals surface area contributed by atoms with E-state index >= 15 is 0 Å². The lowest BCUT2D eigenvalue weighted by molar-refractivity contribution is 0.260. The maximum absolute atomic E-state index is 13.4. The van der Waals surface area contributed by atoms with Gasteiger partial charge in [0, 0.05) is 17.9 Å². The van der Waals surface area contributed by atoms with Crippen LogP contribution in [0.3, 0.4) is 0 Å². The number of pyridine rings is 1. The van der Waals surface area contributed by atoms with Gasteiger partial charge in [-0.2, -0.15) is 0 Å². The highest BCUT2D eigenvalue weighted by Crippen LogP contribution is 2.36. The Labute approximate surface area is 178 Å². The zero-order chi connectivity index (χ0) is 21.3. The Bertz CT molecular complexity index is 1050. The molecular formula is C22H29N5O2S. The third kappa shape index (κ3) is 4.12. The summed E-state index contributed by atoms with van der Waals surface area (Å²) in [5, 5.41) is 2.97. The molecule has 30 heavy (non-hydrogen) atoms. The Morgan fingerprint density at radius 3 is 2.20 bits per heavy atom. The number of amides is 2. The minimum atomic E-state index is -3.06. The standard InChI is InChI=1S/C22H29N5O2S/c1-23-30(29,16-12-10-15(11-13-16)14-27(2)3)26-22(28)25-21-17-6-4-8-19(17)24-20-9-5-7-18(20)21/h10-13H,4-9,14H2,1-3H3,(H2,23,24,25,26,28,29)/t30-/m0/s1. The fourth-order valence-corrected chi connectivity index (χ4v) is 5.56. The van der Waals surface area contributed by atoms with Crippen LogP contribution >= 0.6 is 0 Å². The van der Waals surface area contributed by atoms with Crippen molar-refractivity contribution < 1.29 is 9.00 Å². The second-order valence-electron chi connectivity index (χ2n) is 8.18. The molecule has 8 heteroatoms. The van der Waals surface area contributed by atoms with E-state index in [0.29, 0.717) is 4.90 Å². The van der Waals surface area contributed by atoms with Gasteiger partial charge in [0.1, 0.15) is 9.92 Å². The first-order valence-electron chi connectivity index (χ1n) is 10.4. The number of nitrogens with one attached hydrogen (secondary N) is 2. The minimum Gasteiger partial charge on any atom is -0.305 e. The quantitative estimate of drug-likeness (QED) is 0.766. The van der Waals surface area contributed by atoms with Crippen LogP contribution in [0.15, 0.2) is 33.5 Å². The SMILES string of the molecule is CN[S@](=O)(=NC(=O)Nc1c2c(nc3c1CCC3)CCC2)c1ccc(CN(C)C)cc1. The predicted molar refractivity (Wildman–Crippen MR) is 119 cm³/mol. The van der Waals surface area contributed by atoms with Gasteiger partial charge in [0.2, 0.25) is 0 Å². The summed E-state index contributed by atoms with van der Waals surface area (Å²) in [5.74, 6) is 0. The number of fused-ring (bicyclic) bond motifs is 2. The summed E-state index contributed by atoms with van der Waals surface area (Å²) in [5.41, 5.74) is 6.41. The third-order valence-electron chi connectivity index (χ3n) is 5.71. The van der Waals surface area contributed by atoms with Crippen LogP contribution in [0.4, 0.5) is 10.5 Å². The van der Waals surface area contributed by atoms with Crippen LogP contribution in [0.1, 0.15) is 40.9 Å². The van der Waals surface area contributed by atoms with Crippen molar-refractivity contribution in [2.45, 2.75) is 50.0 Å². The van der Waals surface area contributed by atoms with E-state index in [0.717, 1.165) is 78.8 Å². The molecule has 0 aliphatic heterocycles. The van der Waals surface area contributed by atoms with Gasteiger partial charge in [0.05, 0.1) is 10.6 Å². The molecule has 1 aromatic heterocycles. The molecule has 0 bridgehead atoms. The van der Waals surface area contributed by atoms with Crippen LogP contribution in [0.25, 0.3) is 0 Å². The lowest BCUT2D eigenvalue weighted by Crippen LogP contribution is -2.22. The van der Waals surface area contributed by atoms with E-state index in [1.165, 1.54) is 0 Å². The van der Waals surface area contributed by atoms with Crippen LogP contribution in [0.5, 0.6) is 0 Å². The lowest BCUT2D eigenvalue weighted by atomic mass is 10.1. The molecule has 1 atom stereocenters. The zero-order valence-electron chi connectivity index (χ0n) is 17.8. The van der Waals surface area contributed by atoms with E-state index in [9.17, 15) is 9.00 Å². The number of aromatic nitrogens is 1. The summed E-state index contributed by atoms with van der Waals surface area (Å²) in [6.45, 7) is 0.789. The minimum absolute atomic E-state index is 0.493. The molecule has 2 aliphatic rings. The molecule has 2 amide bonds. The molecule has 160 valence electrons. The van der Waals surface area contributed by atoms with Crippen molar-refractivity contribution in [3.05, 3.63) is 52.3 Å². The van der Waals surface area contributed by atoms with Crippen LogP contribution < -0.4 is 10.0 Å². The zero-order valence-corrected chi connectivity index (χ0v) is 18.6. The topological polar surface area (TPSA) is 86.7 Å². The van der Waals surface area contributed by atoms with Crippen molar-refractivity contribution in [1.29, 1.82) is 0 Å². The second-order valence-corrected chi connectivity index (χ2v) is 10.3. The van der Waals surface area contributed by atoms with E-state index < -0.39 is 15.9 Å². The summed E-state index contributed by atoms with van der Waals surface area (Å²) in [6.07, 6.45) is 5.85. The molecule has 0 radical (unpaired) electrons. The number of anilines is 1. The van der Waals surface area contributed by atoms with Crippen molar-refractivity contribution in [2.75, 3.05) is 26.5 Å². The number of rotatable bonds is 5. The Kier molecular flexibility index (Phi) is 5.90. The molecule has 1 heterocycles. The van der Waals surface area contributed by atoms with Crippen molar-refractivity contribution in [3.8, 4) is 0 Å². The molecule has 4 rings (SSSR count). The molecule has 1 aromatic carbocycles. The lowest BCUT2D eigenvalue weighted by Gasteiger charge is -2.15. The van der Waals surface area contributed by atoms with Crippen molar-refractivity contribution in [2.24, 2.45) is 4.36 Å². The molecule has 2 aliphatic carbocycles.